The maximum Gasteiger partial charge on any atom is 0.324 e. The normalized spacial score (nSPS) is 21.0. The Kier molecular flexibility index (Phi) is 10.2. The maximum absolute atomic E-state index is 15.0. The average molecular weight is 611 g/mol. The van der Waals surface area contributed by atoms with Crippen LogP contribution in [-0.2, 0) is 14.4 Å². The van der Waals surface area contributed by atoms with Crippen LogP contribution in [0.2, 0.25) is 0 Å². The smallest absolute Gasteiger partial charge is 0.324 e. The van der Waals surface area contributed by atoms with E-state index in [1.807, 2.05) is 26.0 Å². The van der Waals surface area contributed by atoms with Crippen molar-refractivity contribution in [2.45, 2.75) is 77.2 Å². The van der Waals surface area contributed by atoms with Crippen molar-refractivity contribution < 1.29 is 28.0 Å². The topological polar surface area (TPSA) is 144 Å². The Morgan fingerprint density at radius 2 is 1.95 bits per heavy atom. The quantitative estimate of drug-likeness (QED) is 0.391. The van der Waals surface area contributed by atoms with Crippen molar-refractivity contribution in [3.8, 4) is 5.75 Å². The van der Waals surface area contributed by atoms with E-state index < -0.39 is 17.8 Å². The lowest BCUT2D eigenvalue weighted by atomic mass is 9.86. The van der Waals surface area contributed by atoms with E-state index in [-0.39, 0.29) is 42.4 Å². The van der Waals surface area contributed by atoms with Crippen molar-refractivity contribution in [3.63, 3.8) is 0 Å². The number of rotatable bonds is 11. The number of likely N-dealkylation sites (tertiary alicyclic amines) is 1. The van der Waals surface area contributed by atoms with Gasteiger partial charge in [-0.25, -0.2) is 4.39 Å². The number of nitrogens with two attached hydrogens (primary N) is 1. The van der Waals surface area contributed by atoms with Crippen LogP contribution in [0.15, 0.2) is 28.8 Å². The molecule has 1 aliphatic carbocycles. The Bertz CT molecular complexity index is 1370. The fourth-order valence-electron chi connectivity index (χ4n) is 6.18. The van der Waals surface area contributed by atoms with Gasteiger partial charge < -0.3 is 30.1 Å². The van der Waals surface area contributed by atoms with Crippen LogP contribution in [0.25, 0.3) is 5.57 Å². The molecule has 1 aromatic heterocycles. The van der Waals surface area contributed by atoms with Gasteiger partial charge in [0.25, 0.3) is 0 Å². The van der Waals surface area contributed by atoms with E-state index in [1.54, 1.807) is 6.07 Å². The van der Waals surface area contributed by atoms with Crippen LogP contribution in [0.4, 0.5) is 10.4 Å². The number of amides is 3. The lowest BCUT2D eigenvalue weighted by Gasteiger charge is -2.30. The van der Waals surface area contributed by atoms with Gasteiger partial charge in [-0.05, 0) is 74.1 Å². The highest BCUT2D eigenvalue weighted by Gasteiger charge is 2.32. The first-order valence-corrected chi connectivity index (χ1v) is 15.8. The molecule has 0 bridgehead atoms. The molecule has 0 saturated carbocycles. The van der Waals surface area contributed by atoms with Gasteiger partial charge in [0.15, 0.2) is 17.4 Å². The molecular weight excluding hydrogens is 567 g/mol. The summed E-state index contributed by atoms with van der Waals surface area (Å²) in [7, 11) is 0. The van der Waals surface area contributed by atoms with Gasteiger partial charge >= 0.3 is 6.01 Å². The molecule has 2 aromatic rings. The molecule has 11 nitrogen and oxygen atoms in total. The van der Waals surface area contributed by atoms with Crippen LogP contribution >= 0.6 is 0 Å². The van der Waals surface area contributed by atoms with Crippen LogP contribution in [-0.4, -0.2) is 71.6 Å². The first kappa shape index (κ1) is 31.5. The summed E-state index contributed by atoms with van der Waals surface area (Å²) in [5.74, 6) is 0.135. The molecule has 3 amide bonds. The van der Waals surface area contributed by atoms with Gasteiger partial charge in [-0.2, -0.15) is 4.98 Å². The predicted molar refractivity (Wildman–Crippen MR) is 162 cm³/mol. The number of carbonyl (C=O) groups excluding carboxylic acids is 3. The number of benzene rings is 1. The Hall–Kier alpha value is -3.96. The van der Waals surface area contributed by atoms with E-state index >= 15 is 0 Å². The molecule has 44 heavy (non-hydrogen) atoms. The van der Waals surface area contributed by atoms with E-state index in [0.29, 0.717) is 56.6 Å². The molecule has 3 heterocycles. The second-order valence-corrected chi connectivity index (χ2v) is 12.4. The highest BCUT2D eigenvalue weighted by atomic mass is 19.1. The summed E-state index contributed by atoms with van der Waals surface area (Å²) in [4.78, 5) is 44.8. The number of aromatic nitrogens is 2. The molecular formula is C32H43FN6O5. The Balaban J connectivity index is 1.04. The number of primary amides is 1. The number of piperidine rings is 1. The van der Waals surface area contributed by atoms with E-state index in [9.17, 15) is 18.8 Å². The van der Waals surface area contributed by atoms with Crippen molar-refractivity contribution >= 4 is 29.3 Å². The first-order valence-electron chi connectivity index (χ1n) is 15.8. The largest absolute Gasteiger partial charge is 0.490 e. The monoisotopic (exact) mass is 610 g/mol. The second-order valence-electron chi connectivity index (χ2n) is 12.4. The third kappa shape index (κ3) is 7.57. The number of hydrogen-bond acceptors (Lipinski definition) is 8. The summed E-state index contributed by atoms with van der Waals surface area (Å²) in [6.45, 7) is 6.82. The number of allylic oxidation sites excluding steroid dienone is 2. The van der Waals surface area contributed by atoms with Crippen LogP contribution < -0.4 is 20.7 Å². The van der Waals surface area contributed by atoms with Gasteiger partial charge in [0.05, 0.1) is 6.61 Å². The highest BCUT2D eigenvalue weighted by molar-refractivity contribution is 5.87. The summed E-state index contributed by atoms with van der Waals surface area (Å²) in [5, 5.41) is 6.90. The lowest BCUT2D eigenvalue weighted by molar-refractivity contribution is -0.137. The predicted octanol–water partition coefficient (Wildman–Crippen LogP) is 3.79. The van der Waals surface area contributed by atoms with E-state index in [4.69, 9.17) is 15.0 Å². The number of carbonyl (C=O) groups is 3. The summed E-state index contributed by atoms with van der Waals surface area (Å²) >= 11 is 0. The van der Waals surface area contributed by atoms with Crippen molar-refractivity contribution in [2.24, 2.45) is 17.6 Å². The molecule has 3 aliphatic rings. The molecule has 0 spiro atoms. The molecule has 2 saturated heterocycles. The minimum absolute atomic E-state index is 0.0980. The fourth-order valence-corrected chi connectivity index (χ4v) is 6.18. The molecule has 1 aromatic carbocycles. The van der Waals surface area contributed by atoms with Crippen LogP contribution in [0.5, 0.6) is 5.75 Å². The van der Waals surface area contributed by atoms with E-state index in [2.05, 4.69) is 20.4 Å². The molecule has 3 N–H and O–H groups in total. The van der Waals surface area contributed by atoms with Gasteiger partial charge in [-0.1, -0.05) is 31.1 Å². The number of ether oxygens (including phenoxy) is 1. The summed E-state index contributed by atoms with van der Waals surface area (Å²) < 4.78 is 26.3. The lowest BCUT2D eigenvalue weighted by Crippen LogP contribution is -2.44. The number of hydrogen-bond donors (Lipinski definition) is 2. The third-order valence-electron chi connectivity index (χ3n) is 8.93. The van der Waals surface area contributed by atoms with Crippen LogP contribution in [0.3, 0.4) is 0 Å². The maximum atomic E-state index is 15.0. The molecule has 1 unspecified atom stereocenters. The second kappa shape index (κ2) is 14.2. The van der Waals surface area contributed by atoms with Gasteiger partial charge in [-0.3, -0.25) is 14.4 Å². The number of halogens is 1. The third-order valence-corrected chi connectivity index (χ3v) is 8.93. The van der Waals surface area contributed by atoms with Crippen LogP contribution in [0.1, 0.15) is 82.5 Å². The molecule has 238 valence electrons. The number of nitrogens with zero attached hydrogens (tertiary/aromatic N) is 4. The fraction of sp³-hybridized carbons (Fsp3) is 0.594. The molecule has 2 fully saturated rings. The summed E-state index contributed by atoms with van der Waals surface area (Å²) in [6, 6.07) is 5.08. The molecule has 2 atom stereocenters. The minimum Gasteiger partial charge on any atom is -0.490 e. The minimum atomic E-state index is -0.545. The Labute approximate surface area is 257 Å². The molecule has 0 radical (unpaired) electrons. The zero-order valence-electron chi connectivity index (χ0n) is 25.6. The molecule has 12 heteroatoms. The van der Waals surface area contributed by atoms with Gasteiger partial charge in [-0.15, -0.1) is 0 Å². The SMILES string of the molecule is CC(C)c1noc(N2CCC(COc3ccc(C4=CCC(C(=O)NCCC(=O)N5CCC[C@H]5C(N)=O)CC4)cc3F)CC2)n1. The molecule has 5 rings (SSSR count). The summed E-state index contributed by atoms with van der Waals surface area (Å²) in [5.41, 5.74) is 7.20. The van der Waals surface area contributed by atoms with E-state index in [1.165, 1.54) is 11.0 Å². The Morgan fingerprint density at radius 3 is 2.61 bits per heavy atom. The first-order chi connectivity index (χ1) is 21.2. The van der Waals surface area contributed by atoms with Gasteiger partial charge in [0.2, 0.25) is 17.7 Å². The zero-order chi connectivity index (χ0) is 31.2. The number of nitrogens with one attached hydrogen (secondary N) is 1. The standard InChI is InChI=1S/C32H43FN6O5/c1-20(2)30-36-32(44-37-30)38-16-12-21(13-17-38)19-43-27-10-9-24(18-25(27)33)22-5-7-23(8-6-22)31(42)35-14-11-28(40)39-15-3-4-26(39)29(34)41/h5,9-10,18,20-21,23,26H,3-4,6-8,11-17,19H2,1-2H3,(H2,34,41)(H,35,42)/t23?,26-/m0/s1. The molecule has 2 aliphatic heterocycles. The van der Waals surface area contributed by atoms with Gasteiger partial charge in [0.1, 0.15) is 6.04 Å². The van der Waals surface area contributed by atoms with Crippen LogP contribution in [0, 0.1) is 17.7 Å². The van der Waals surface area contributed by atoms with Crippen molar-refractivity contribution in [3.05, 3.63) is 41.5 Å². The highest BCUT2D eigenvalue weighted by Crippen LogP contribution is 2.33. The van der Waals surface area contributed by atoms with Gasteiger partial charge in [0, 0.05) is 44.4 Å². The Morgan fingerprint density at radius 1 is 1.16 bits per heavy atom. The summed E-state index contributed by atoms with van der Waals surface area (Å²) in [6.07, 6.45) is 7.11. The zero-order valence-corrected chi connectivity index (χ0v) is 25.6. The van der Waals surface area contributed by atoms with Crippen molar-refractivity contribution in [2.75, 3.05) is 37.7 Å². The van der Waals surface area contributed by atoms with Crippen molar-refractivity contribution in [1.29, 1.82) is 0 Å². The average Bonchev–Trinajstić information content (AvgIpc) is 3.72. The van der Waals surface area contributed by atoms with E-state index in [0.717, 1.165) is 43.5 Å². The van der Waals surface area contributed by atoms with Crippen molar-refractivity contribution in [1.82, 2.24) is 20.4 Å². The number of anilines is 1.